The maximum absolute atomic E-state index is 2.42. The van der Waals surface area contributed by atoms with Crippen molar-refractivity contribution in [2.75, 3.05) is 0 Å². The summed E-state index contributed by atoms with van der Waals surface area (Å²) in [5.41, 5.74) is 31.8. The summed E-state index contributed by atoms with van der Waals surface area (Å²) in [7, 11) is 0. The van der Waals surface area contributed by atoms with Crippen LogP contribution in [-0.4, -0.2) is 0 Å². The summed E-state index contributed by atoms with van der Waals surface area (Å²) in [6.45, 7) is 48.3. The van der Waals surface area contributed by atoms with Crippen LogP contribution in [0, 0.1) is 132 Å². The lowest BCUT2D eigenvalue weighted by atomic mass is 9.82. The Morgan fingerprint density at radius 1 is 0.286 bits per heavy atom. The number of hydrogen-bond acceptors (Lipinski definition) is 0. The minimum atomic E-state index is 0.267. The van der Waals surface area contributed by atoms with E-state index in [1.807, 2.05) is 0 Å². The minimum Gasteiger partial charge on any atom is -0.0620 e. The smallest absolute Gasteiger partial charge is 0.0132 e. The van der Waals surface area contributed by atoms with E-state index in [9.17, 15) is 0 Å². The van der Waals surface area contributed by atoms with Crippen LogP contribution in [0.4, 0.5) is 0 Å². The van der Waals surface area contributed by atoms with Gasteiger partial charge in [-0.15, -0.1) is 0 Å². The Bertz CT molecular complexity index is 2400. The predicted molar refractivity (Wildman–Crippen MR) is 314 cm³/mol. The first-order valence-electron chi connectivity index (χ1n) is 27.1. The predicted octanol–water partition coefficient (Wildman–Crippen LogP) is 21.0. The van der Waals surface area contributed by atoms with E-state index >= 15 is 0 Å². The largest absolute Gasteiger partial charge is 0.0620 e. The number of benzene rings is 6. The van der Waals surface area contributed by atoms with Gasteiger partial charge < -0.3 is 0 Å². The molecule has 2 aliphatic rings. The second kappa shape index (κ2) is 27.8. The van der Waals surface area contributed by atoms with E-state index in [1.54, 1.807) is 11.1 Å². The monoisotopic (exact) mass is 941 g/mol. The molecule has 6 aromatic rings. The Labute approximate surface area is 432 Å². The van der Waals surface area contributed by atoms with Gasteiger partial charge in [-0.1, -0.05) is 149 Å². The molecule has 0 bridgehead atoms. The third-order valence-corrected chi connectivity index (χ3v) is 16.2. The molecule has 0 heterocycles. The van der Waals surface area contributed by atoms with Gasteiger partial charge in [0.15, 0.2) is 0 Å². The normalized spacial score (nSPS) is 13.5. The van der Waals surface area contributed by atoms with Crippen molar-refractivity contribution in [3.05, 3.63) is 207 Å². The second-order valence-electron chi connectivity index (χ2n) is 23.0. The van der Waals surface area contributed by atoms with Gasteiger partial charge >= 0.3 is 0 Å². The summed E-state index contributed by atoms with van der Waals surface area (Å²) in [6, 6.07) is 31.5. The molecule has 0 radical (unpaired) electrons. The zero-order valence-corrected chi connectivity index (χ0v) is 49.1. The third kappa shape index (κ3) is 18.5. The maximum atomic E-state index is 2.42. The van der Waals surface area contributed by atoms with E-state index in [-0.39, 0.29) is 5.41 Å². The van der Waals surface area contributed by atoms with Gasteiger partial charge in [-0.3, -0.25) is 0 Å². The van der Waals surface area contributed by atoms with Crippen molar-refractivity contribution in [3.8, 4) is 0 Å². The second-order valence-corrected chi connectivity index (χ2v) is 23.0. The van der Waals surface area contributed by atoms with Crippen LogP contribution in [0.25, 0.3) is 0 Å². The highest BCUT2D eigenvalue weighted by atomic mass is 14.2. The summed E-state index contributed by atoms with van der Waals surface area (Å²) in [6.07, 6.45) is 12.8. The Morgan fingerprint density at radius 2 is 0.514 bits per heavy atom. The van der Waals surface area contributed by atoms with Crippen molar-refractivity contribution < 1.29 is 0 Å². The molecule has 0 amide bonds. The molecule has 2 aliphatic carbocycles. The molecular formula is C70H100. The number of hydrogen-bond donors (Lipinski definition) is 0. The van der Waals surface area contributed by atoms with Gasteiger partial charge in [-0.05, 0) is 286 Å². The lowest BCUT2D eigenvalue weighted by molar-refractivity contribution is 0.443. The molecular weight excluding hydrogens is 841 g/mol. The number of rotatable bonds is 2. The van der Waals surface area contributed by atoms with Gasteiger partial charge in [0.05, 0.1) is 0 Å². The standard InChI is InChI=1S/C15H22.C14H20.C13H20.2C10H14.C8H10/c1-11-9-15(10-12(2)13(11)3)14-7-5-4-6-8-14;1-10-8-14(9-11(2)12(10)3)13-6-4-5-7-13;1-9-7-12(13(4,5)6)8-10(2)11(9)3;2*1-7-5-8(2)10(4)9(3)6-7;1-7-5-3-4-6-8(7)2/h9-10,14H,4-8H2,1-3H3;8-9,13H,4-7H2,1-3H3;7-8H,1-6H3;2*5-6H,1-4H3;3-6H,1-2H3. The fourth-order valence-corrected chi connectivity index (χ4v) is 9.94. The molecule has 0 atom stereocenters. The Balaban J connectivity index is 0.000000225. The zero-order valence-electron chi connectivity index (χ0n) is 49.1. The molecule has 0 unspecified atom stereocenters. The van der Waals surface area contributed by atoms with Gasteiger partial charge in [-0.25, -0.2) is 0 Å². The first kappa shape index (κ1) is 59.6. The van der Waals surface area contributed by atoms with Crippen molar-refractivity contribution in [1.29, 1.82) is 0 Å². The highest BCUT2D eigenvalue weighted by Gasteiger charge is 2.19. The molecule has 2 saturated carbocycles. The van der Waals surface area contributed by atoms with Gasteiger partial charge in [0, 0.05) is 0 Å². The molecule has 0 nitrogen and oxygen atoms in total. The van der Waals surface area contributed by atoms with Gasteiger partial charge in [-0.2, -0.15) is 0 Å². The highest BCUT2D eigenvalue weighted by Crippen LogP contribution is 2.36. The molecule has 0 spiro atoms. The Morgan fingerprint density at radius 3 is 0.757 bits per heavy atom. The average molecular weight is 942 g/mol. The van der Waals surface area contributed by atoms with Gasteiger partial charge in [0.25, 0.3) is 0 Å². The van der Waals surface area contributed by atoms with Crippen molar-refractivity contribution in [2.45, 2.75) is 227 Å². The van der Waals surface area contributed by atoms with Crippen LogP contribution in [-0.2, 0) is 5.41 Å². The molecule has 8 rings (SSSR count). The van der Waals surface area contributed by atoms with E-state index in [1.165, 1.54) is 169 Å². The van der Waals surface area contributed by atoms with E-state index < -0.39 is 0 Å². The first-order chi connectivity index (χ1) is 32.7. The molecule has 6 aromatic carbocycles. The fourth-order valence-electron chi connectivity index (χ4n) is 9.94. The zero-order chi connectivity index (χ0) is 52.6. The van der Waals surface area contributed by atoms with E-state index in [0.29, 0.717) is 0 Å². The van der Waals surface area contributed by atoms with E-state index in [2.05, 4.69) is 237 Å². The van der Waals surface area contributed by atoms with Gasteiger partial charge in [0.2, 0.25) is 0 Å². The van der Waals surface area contributed by atoms with Crippen molar-refractivity contribution in [1.82, 2.24) is 0 Å². The highest BCUT2D eigenvalue weighted by molar-refractivity contribution is 5.42. The van der Waals surface area contributed by atoms with Crippen LogP contribution >= 0.6 is 0 Å². The van der Waals surface area contributed by atoms with Crippen molar-refractivity contribution >= 4 is 0 Å². The van der Waals surface area contributed by atoms with E-state index in [0.717, 1.165) is 11.8 Å². The number of aryl methyl sites for hydroxylation is 14. The average Bonchev–Trinajstić information content (AvgIpc) is 3.85. The SMILES string of the molecule is Cc1cc(C(C)(C)C)cc(C)c1C.Cc1cc(C)c(C)c(C)c1.Cc1cc(C)c(C)c(C)c1.Cc1cc(C2CCCC2)cc(C)c1C.Cc1cc(C2CCCCC2)cc(C)c1C.Cc1ccccc1C. The van der Waals surface area contributed by atoms with E-state index in [4.69, 9.17) is 0 Å². The summed E-state index contributed by atoms with van der Waals surface area (Å²) >= 11 is 0. The topological polar surface area (TPSA) is 0 Å². The molecule has 380 valence electrons. The molecule has 0 saturated heterocycles. The van der Waals surface area contributed by atoms with Crippen LogP contribution < -0.4 is 0 Å². The minimum absolute atomic E-state index is 0.267. The molecule has 0 N–H and O–H groups in total. The lowest BCUT2D eigenvalue weighted by Gasteiger charge is -2.23. The summed E-state index contributed by atoms with van der Waals surface area (Å²) in [4.78, 5) is 0. The lowest BCUT2D eigenvalue weighted by Crippen LogP contribution is -2.12. The van der Waals surface area contributed by atoms with Crippen molar-refractivity contribution in [2.24, 2.45) is 0 Å². The quantitative estimate of drug-likeness (QED) is 0.162. The molecule has 0 aliphatic heterocycles. The van der Waals surface area contributed by atoms with Crippen LogP contribution in [0.1, 0.15) is 213 Å². The summed E-state index contributed by atoms with van der Waals surface area (Å²) in [5, 5.41) is 0. The van der Waals surface area contributed by atoms with Gasteiger partial charge in [0.1, 0.15) is 0 Å². The molecule has 70 heavy (non-hydrogen) atoms. The van der Waals surface area contributed by atoms with Crippen LogP contribution in [0.2, 0.25) is 0 Å². The maximum Gasteiger partial charge on any atom is -0.0132 e. The molecule has 0 aromatic heterocycles. The Kier molecular flexibility index (Phi) is 23.7. The van der Waals surface area contributed by atoms with Crippen LogP contribution in [0.5, 0.6) is 0 Å². The van der Waals surface area contributed by atoms with Crippen LogP contribution in [0.15, 0.2) is 84.9 Å². The van der Waals surface area contributed by atoms with Crippen molar-refractivity contribution in [3.63, 3.8) is 0 Å². The Hall–Kier alpha value is -4.68. The third-order valence-electron chi connectivity index (χ3n) is 16.2. The summed E-state index contributed by atoms with van der Waals surface area (Å²) < 4.78 is 0. The first-order valence-corrected chi connectivity index (χ1v) is 27.1. The summed E-state index contributed by atoms with van der Waals surface area (Å²) in [5.74, 6) is 1.70. The van der Waals surface area contributed by atoms with Crippen LogP contribution in [0.3, 0.4) is 0 Å². The molecule has 0 heteroatoms. The fraction of sp³-hybridized carbons (Fsp3) is 0.486. The molecule has 2 fully saturated rings.